The van der Waals surface area contributed by atoms with Crippen LogP contribution in [0.3, 0.4) is 0 Å². The molecule has 0 bridgehead atoms. The summed E-state index contributed by atoms with van der Waals surface area (Å²) in [5.41, 5.74) is -0.953. The van der Waals surface area contributed by atoms with Gasteiger partial charge in [-0.2, -0.15) is 11.8 Å². The molecule has 0 aromatic rings. The maximum Gasteiger partial charge on any atom is 0.309 e. The van der Waals surface area contributed by atoms with Gasteiger partial charge in [0.1, 0.15) is 0 Å². The Kier molecular flexibility index (Phi) is 3.01. The smallest absolute Gasteiger partial charge is 0.309 e. The van der Waals surface area contributed by atoms with E-state index in [-0.39, 0.29) is 0 Å². The minimum absolute atomic E-state index is 0.506. The summed E-state index contributed by atoms with van der Waals surface area (Å²) in [5, 5.41) is 18.7. The second-order valence-corrected chi connectivity index (χ2v) is 4.31. The fraction of sp³-hybridized carbons (Fsp3) is 0.875. The quantitative estimate of drug-likeness (QED) is 0.696. The van der Waals surface area contributed by atoms with E-state index in [1.807, 2.05) is 0 Å². The normalized spacial score (nSPS) is 31.8. The van der Waals surface area contributed by atoms with E-state index in [0.717, 1.165) is 5.75 Å². The maximum atomic E-state index is 10.8. The van der Waals surface area contributed by atoms with Crippen molar-refractivity contribution >= 4 is 17.7 Å². The van der Waals surface area contributed by atoms with E-state index >= 15 is 0 Å². The average molecular weight is 190 g/mol. The van der Waals surface area contributed by atoms with Gasteiger partial charge in [-0.15, -0.1) is 0 Å². The van der Waals surface area contributed by atoms with Crippen LogP contribution in [-0.4, -0.2) is 33.3 Å². The van der Waals surface area contributed by atoms with Crippen LogP contribution in [0.1, 0.15) is 19.8 Å². The number of hydrogen-bond acceptors (Lipinski definition) is 3. The molecule has 2 unspecified atom stereocenters. The number of hydrogen-bond donors (Lipinski definition) is 2. The van der Waals surface area contributed by atoms with Crippen molar-refractivity contribution in [1.29, 1.82) is 0 Å². The molecule has 0 aromatic carbocycles. The minimum Gasteiger partial charge on any atom is -0.481 e. The average Bonchev–Trinajstić information content (AvgIpc) is 2.37. The van der Waals surface area contributed by atoms with Crippen molar-refractivity contribution in [1.82, 2.24) is 0 Å². The van der Waals surface area contributed by atoms with Gasteiger partial charge in [0, 0.05) is 5.75 Å². The molecule has 4 heteroatoms. The van der Waals surface area contributed by atoms with Gasteiger partial charge in [0.15, 0.2) is 0 Å². The highest BCUT2D eigenvalue weighted by Crippen LogP contribution is 2.35. The van der Waals surface area contributed by atoms with Gasteiger partial charge in [0.25, 0.3) is 0 Å². The largest absolute Gasteiger partial charge is 0.481 e. The molecule has 3 nitrogen and oxygen atoms in total. The zero-order valence-corrected chi connectivity index (χ0v) is 7.93. The van der Waals surface area contributed by atoms with Crippen LogP contribution in [0.4, 0.5) is 0 Å². The van der Waals surface area contributed by atoms with Crippen LogP contribution in [0, 0.1) is 5.92 Å². The topological polar surface area (TPSA) is 57.5 Å². The molecule has 1 aliphatic rings. The summed E-state index contributed by atoms with van der Waals surface area (Å²) in [4.78, 5) is 10.8. The maximum absolute atomic E-state index is 10.8. The second-order valence-electron chi connectivity index (χ2n) is 3.21. The van der Waals surface area contributed by atoms with Crippen molar-refractivity contribution in [3.8, 4) is 0 Å². The van der Waals surface area contributed by atoms with Crippen LogP contribution < -0.4 is 0 Å². The number of thioether (sulfide) groups is 1. The van der Waals surface area contributed by atoms with Gasteiger partial charge >= 0.3 is 5.97 Å². The number of carboxylic acid groups (broad SMARTS) is 1. The molecule has 2 atom stereocenters. The third-order valence-electron chi connectivity index (χ3n) is 2.39. The standard InChI is InChI=1S/C8H14O3S/c1-2-6(7(9)10)8(11)3-4-12-5-8/h6,11H,2-5H2,1H3,(H,9,10). The number of aliphatic carboxylic acids is 1. The molecule has 0 aliphatic carbocycles. The Balaban J connectivity index is 2.69. The predicted molar refractivity (Wildman–Crippen MR) is 48.3 cm³/mol. The first-order chi connectivity index (χ1) is 5.60. The van der Waals surface area contributed by atoms with E-state index in [0.29, 0.717) is 18.6 Å². The Morgan fingerprint density at radius 3 is 2.75 bits per heavy atom. The molecule has 0 amide bonds. The number of carbonyl (C=O) groups is 1. The first kappa shape index (κ1) is 9.86. The number of aliphatic hydroxyl groups is 1. The van der Waals surface area contributed by atoms with Gasteiger partial charge in [0.2, 0.25) is 0 Å². The summed E-state index contributed by atoms with van der Waals surface area (Å²) in [6, 6.07) is 0. The van der Waals surface area contributed by atoms with Gasteiger partial charge in [0.05, 0.1) is 11.5 Å². The Hall–Kier alpha value is -0.220. The molecule has 70 valence electrons. The lowest BCUT2D eigenvalue weighted by molar-refractivity contribution is -0.150. The molecule has 1 rings (SSSR count). The van der Waals surface area contributed by atoms with Crippen molar-refractivity contribution in [2.75, 3.05) is 11.5 Å². The summed E-state index contributed by atoms with van der Waals surface area (Å²) in [5.74, 6) is -0.0204. The molecule has 2 N–H and O–H groups in total. The van der Waals surface area contributed by atoms with Gasteiger partial charge in [-0.05, 0) is 18.6 Å². The number of rotatable bonds is 3. The zero-order chi connectivity index (χ0) is 9.19. The Morgan fingerprint density at radius 2 is 2.42 bits per heavy atom. The Bertz CT molecular complexity index is 175. The molecule has 1 fully saturated rings. The van der Waals surface area contributed by atoms with Crippen LogP contribution >= 0.6 is 11.8 Å². The van der Waals surface area contributed by atoms with Crippen LogP contribution in [0.5, 0.6) is 0 Å². The van der Waals surface area contributed by atoms with Crippen molar-refractivity contribution < 1.29 is 15.0 Å². The molecule has 1 aliphatic heterocycles. The molecule has 1 saturated heterocycles. The van der Waals surface area contributed by atoms with Gasteiger partial charge in [-0.3, -0.25) is 4.79 Å². The highest BCUT2D eigenvalue weighted by atomic mass is 32.2. The first-order valence-corrected chi connectivity index (χ1v) is 5.28. The molecular weight excluding hydrogens is 176 g/mol. The highest BCUT2D eigenvalue weighted by molar-refractivity contribution is 7.99. The third-order valence-corrected chi connectivity index (χ3v) is 3.58. The Labute approximate surface area is 76.2 Å². The van der Waals surface area contributed by atoms with Crippen LogP contribution in [-0.2, 0) is 4.79 Å². The molecule has 12 heavy (non-hydrogen) atoms. The van der Waals surface area contributed by atoms with E-state index in [9.17, 15) is 9.90 Å². The van der Waals surface area contributed by atoms with Crippen molar-refractivity contribution in [3.63, 3.8) is 0 Å². The van der Waals surface area contributed by atoms with Crippen LogP contribution in [0.25, 0.3) is 0 Å². The molecule has 1 heterocycles. The second kappa shape index (κ2) is 3.66. The molecule has 0 saturated carbocycles. The predicted octanol–water partition coefficient (Wildman–Crippen LogP) is 0.965. The van der Waals surface area contributed by atoms with Crippen molar-refractivity contribution in [3.05, 3.63) is 0 Å². The minimum atomic E-state index is -0.953. The molecule has 0 radical (unpaired) electrons. The lowest BCUT2D eigenvalue weighted by atomic mass is 9.85. The van der Waals surface area contributed by atoms with Gasteiger partial charge < -0.3 is 10.2 Å². The van der Waals surface area contributed by atoms with Crippen LogP contribution in [0.15, 0.2) is 0 Å². The van der Waals surface area contributed by atoms with Crippen LogP contribution in [0.2, 0.25) is 0 Å². The summed E-state index contributed by atoms with van der Waals surface area (Å²) < 4.78 is 0. The fourth-order valence-electron chi connectivity index (χ4n) is 1.63. The van der Waals surface area contributed by atoms with Crippen molar-refractivity contribution in [2.45, 2.75) is 25.4 Å². The molecule has 0 spiro atoms. The lowest BCUT2D eigenvalue weighted by Gasteiger charge is -2.27. The van der Waals surface area contributed by atoms with E-state index < -0.39 is 17.5 Å². The monoisotopic (exact) mass is 190 g/mol. The van der Waals surface area contributed by atoms with Gasteiger partial charge in [-0.25, -0.2) is 0 Å². The zero-order valence-electron chi connectivity index (χ0n) is 7.12. The van der Waals surface area contributed by atoms with Crippen molar-refractivity contribution in [2.24, 2.45) is 5.92 Å². The summed E-state index contributed by atoms with van der Waals surface area (Å²) in [7, 11) is 0. The van der Waals surface area contributed by atoms with Gasteiger partial charge in [-0.1, -0.05) is 6.92 Å². The molecule has 0 aromatic heterocycles. The first-order valence-electron chi connectivity index (χ1n) is 4.13. The van der Waals surface area contributed by atoms with E-state index in [1.54, 1.807) is 18.7 Å². The summed E-state index contributed by atoms with van der Waals surface area (Å²) in [6.07, 6.45) is 1.12. The van der Waals surface area contributed by atoms with E-state index in [2.05, 4.69) is 0 Å². The lowest BCUT2D eigenvalue weighted by Crippen LogP contribution is -2.42. The third kappa shape index (κ3) is 1.75. The van der Waals surface area contributed by atoms with E-state index in [4.69, 9.17) is 5.11 Å². The summed E-state index contributed by atoms with van der Waals surface area (Å²) >= 11 is 1.63. The Morgan fingerprint density at radius 1 is 1.75 bits per heavy atom. The number of carboxylic acids is 1. The SMILES string of the molecule is CCC(C(=O)O)C1(O)CCSC1. The molecular formula is C8H14O3S. The summed E-state index contributed by atoms with van der Waals surface area (Å²) in [6.45, 7) is 1.81. The fourth-order valence-corrected chi connectivity index (χ4v) is 2.97. The van der Waals surface area contributed by atoms with E-state index in [1.165, 1.54) is 0 Å². The highest BCUT2D eigenvalue weighted by Gasteiger charge is 2.42.